The van der Waals surface area contributed by atoms with Gasteiger partial charge in [-0.25, -0.2) is 9.18 Å². The van der Waals surface area contributed by atoms with Crippen LogP contribution in [0.15, 0.2) is 24.3 Å². The molecule has 1 aliphatic heterocycles. The summed E-state index contributed by atoms with van der Waals surface area (Å²) in [5.41, 5.74) is 1.53. The molecule has 1 heterocycles. The quantitative estimate of drug-likeness (QED) is 0.848. The second-order valence-electron chi connectivity index (χ2n) is 5.25. The highest BCUT2D eigenvalue weighted by molar-refractivity contribution is 5.85. The van der Waals surface area contributed by atoms with Gasteiger partial charge in [-0.05, 0) is 48.7 Å². The van der Waals surface area contributed by atoms with Crippen LogP contribution in [0.4, 0.5) is 4.39 Å². The van der Waals surface area contributed by atoms with Gasteiger partial charge in [0.05, 0.1) is 6.10 Å². The minimum atomic E-state index is -1.04. The summed E-state index contributed by atoms with van der Waals surface area (Å²) in [5, 5.41) is 8.72. The van der Waals surface area contributed by atoms with E-state index >= 15 is 0 Å². The number of aliphatic carboxylic acids is 1. The minimum absolute atomic E-state index is 0.234. The number of carbonyl (C=O) groups is 1. The van der Waals surface area contributed by atoms with Gasteiger partial charge in [0.2, 0.25) is 0 Å². The van der Waals surface area contributed by atoms with Crippen LogP contribution in [0.3, 0.4) is 0 Å². The third-order valence-electron chi connectivity index (χ3n) is 3.70. The second-order valence-corrected chi connectivity index (χ2v) is 5.25. The van der Waals surface area contributed by atoms with E-state index in [1.807, 2.05) is 0 Å². The Labute approximate surface area is 123 Å². The van der Waals surface area contributed by atoms with E-state index in [1.54, 1.807) is 13.2 Å². The van der Waals surface area contributed by atoms with Crippen molar-refractivity contribution in [1.82, 2.24) is 4.90 Å². The number of methoxy groups -OCH3 is 1. The summed E-state index contributed by atoms with van der Waals surface area (Å²) in [7, 11) is 1.72. The first kappa shape index (κ1) is 15.7. The maximum Gasteiger partial charge on any atom is 0.328 e. The lowest BCUT2D eigenvalue weighted by atomic mass is 10.0. The average molecular weight is 293 g/mol. The summed E-state index contributed by atoms with van der Waals surface area (Å²) < 4.78 is 18.7. The van der Waals surface area contributed by atoms with E-state index in [9.17, 15) is 9.18 Å². The number of likely N-dealkylation sites (tertiary alicyclic amines) is 1. The zero-order valence-corrected chi connectivity index (χ0v) is 12.1. The van der Waals surface area contributed by atoms with E-state index in [-0.39, 0.29) is 11.9 Å². The molecule has 1 unspecified atom stereocenters. The van der Waals surface area contributed by atoms with Gasteiger partial charge in [-0.2, -0.15) is 0 Å². The molecule has 1 aromatic rings. The summed E-state index contributed by atoms with van der Waals surface area (Å²) >= 11 is 0. The minimum Gasteiger partial charge on any atom is -0.478 e. The van der Waals surface area contributed by atoms with Gasteiger partial charge < -0.3 is 9.84 Å². The van der Waals surface area contributed by atoms with E-state index in [2.05, 4.69) is 4.90 Å². The van der Waals surface area contributed by atoms with Crippen molar-refractivity contribution in [3.8, 4) is 0 Å². The Bertz CT molecular complexity index is 530. The van der Waals surface area contributed by atoms with Crippen LogP contribution in [0.5, 0.6) is 0 Å². The molecule has 114 valence electrons. The van der Waals surface area contributed by atoms with Crippen molar-refractivity contribution in [3.63, 3.8) is 0 Å². The molecule has 0 bridgehead atoms. The third-order valence-corrected chi connectivity index (χ3v) is 3.70. The number of piperidine rings is 1. The lowest BCUT2D eigenvalue weighted by Gasteiger charge is -2.32. The van der Waals surface area contributed by atoms with Crippen molar-refractivity contribution < 1.29 is 19.0 Å². The first-order valence-corrected chi connectivity index (χ1v) is 7.03. The maximum absolute atomic E-state index is 13.4. The molecule has 4 nitrogen and oxygen atoms in total. The number of carboxylic acids is 1. The van der Waals surface area contributed by atoms with Crippen LogP contribution in [0, 0.1) is 5.82 Å². The zero-order valence-electron chi connectivity index (χ0n) is 12.1. The Kier molecular flexibility index (Phi) is 5.47. The standard InChI is InChI=1S/C16H20FNO3/c1-21-15-3-2-8-18(11-15)10-13-4-6-14(17)9-12(13)5-7-16(19)20/h4-7,9,15H,2-3,8,10-11H2,1H3,(H,19,20)/b7-5+. The predicted octanol–water partition coefficient (Wildman–Crippen LogP) is 2.53. The van der Waals surface area contributed by atoms with E-state index in [1.165, 1.54) is 18.2 Å². The molecule has 0 amide bonds. The van der Waals surface area contributed by atoms with Crippen molar-refractivity contribution in [2.75, 3.05) is 20.2 Å². The van der Waals surface area contributed by atoms with Crippen LogP contribution >= 0.6 is 0 Å². The van der Waals surface area contributed by atoms with Gasteiger partial charge >= 0.3 is 5.97 Å². The average Bonchev–Trinajstić information content (AvgIpc) is 2.47. The molecule has 21 heavy (non-hydrogen) atoms. The largest absolute Gasteiger partial charge is 0.478 e. The monoisotopic (exact) mass is 293 g/mol. The highest BCUT2D eigenvalue weighted by Crippen LogP contribution is 2.19. The second kappa shape index (κ2) is 7.33. The van der Waals surface area contributed by atoms with Gasteiger partial charge in [0.25, 0.3) is 0 Å². The lowest BCUT2D eigenvalue weighted by molar-refractivity contribution is -0.131. The first-order valence-electron chi connectivity index (χ1n) is 7.03. The SMILES string of the molecule is COC1CCCN(Cc2ccc(F)cc2/C=C/C(=O)O)C1. The summed E-state index contributed by atoms with van der Waals surface area (Å²) in [6.45, 7) is 2.48. The molecule has 1 saturated heterocycles. The Morgan fingerprint density at radius 3 is 3.10 bits per heavy atom. The van der Waals surface area contributed by atoms with Crippen LogP contribution < -0.4 is 0 Å². The maximum atomic E-state index is 13.4. The summed E-state index contributed by atoms with van der Waals surface area (Å²) in [6.07, 6.45) is 4.84. The number of hydrogen-bond acceptors (Lipinski definition) is 3. The van der Waals surface area contributed by atoms with Crippen molar-refractivity contribution in [2.45, 2.75) is 25.5 Å². The molecule has 2 rings (SSSR count). The summed E-state index contributed by atoms with van der Waals surface area (Å²) in [6, 6.07) is 4.49. The Balaban J connectivity index is 2.13. The van der Waals surface area contributed by atoms with Crippen molar-refractivity contribution >= 4 is 12.0 Å². The van der Waals surface area contributed by atoms with Crippen molar-refractivity contribution in [3.05, 3.63) is 41.2 Å². The van der Waals surface area contributed by atoms with Gasteiger partial charge in [-0.15, -0.1) is 0 Å². The van der Waals surface area contributed by atoms with Gasteiger partial charge in [0.1, 0.15) is 5.82 Å². The highest BCUT2D eigenvalue weighted by Gasteiger charge is 2.20. The number of halogens is 1. The molecule has 1 N–H and O–H groups in total. The molecular formula is C16H20FNO3. The number of nitrogens with zero attached hydrogens (tertiary/aromatic N) is 1. The van der Waals surface area contributed by atoms with Crippen LogP contribution in [0.2, 0.25) is 0 Å². The zero-order chi connectivity index (χ0) is 15.2. The Morgan fingerprint density at radius 2 is 2.38 bits per heavy atom. The van der Waals surface area contributed by atoms with Crippen molar-refractivity contribution in [1.29, 1.82) is 0 Å². The van der Waals surface area contributed by atoms with E-state index in [0.29, 0.717) is 12.1 Å². The van der Waals surface area contributed by atoms with Crippen LogP contribution in [0.25, 0.3) is 6.08 Å². The van der Waals surface area contributed by atoms with Crippen molar-refractivity contribution in [2.24, 2.45) is 0 Å². The molecule has 1 fully saturated rings. The lowest BCUT2D eigenvalue weighted by Crippen LogP contribution is -2.38. The summed E-state index contributed by atoms with van der Waals surface area (Å²) in [4.78, 5) is 12.9. The number of carboxylic acid groups (broad SMARTS) is 1. The third kappa shape index (κ3) is 4.65. The van der Waals surface area contributed by atoms with Crippen LogP contribution in [-0.2, 0) is 16.1 Å². The normalized spacial score (nSPS) is 20.0. The van der Waals surface area contributed by atoms with E-state index < -0.39 is 5.97 Å². The van der Waals surface area contributed by atoms with Crippen LogP contribution in [0.1, 0.15) is 24.0 Å². The Hall–Kier alpha value is -1.72. The molecule has 0 aromatic heterocycles. The van der Waals surface area contributed by atoms with E-state index in [4.69, 9.17) is 9.84 Å². The number of ether oxygens (including phenoxy) is 1. The predicted molar refractivity (Wildman–Crippen MR) is 78.4 cm³/mol. The van der Waals surface area contributed by atoms with Crippen LogP contribution in [-0.4, -0.2) is 42.3 Å². The van der Waals surface area contributed by atoms with Gasteiger partial charge in [-0.3, -0.25) is 4.90 Å². The van der Waals surface area contributed by atoms with Gasteiger partial charge in [0, 0.05) is 26.3 Å². The fraction of sp³-hybridized carbons (Fsp3) is 0.438. The highest BCUT2D eigenvalue weighted by atomic mass is 19.1. The number of rotatable bonds is 5. The molecule has 1 aliphatic rings. The molecule has 1 aromatic carbocycles. The molecular weight excluding hydrogens is 273 g/mol. The first-order chi connectivity index (χ1) is 10.1. The smallest absolute Gasteiger partial charge is 0.328 e. The summed E-state index contributed by atoms with van der Waals surface area (Å²) in [5.74, 6) is -1.40. The molecule has 0 aliphatic carbocycles. The topological polar surface area (TPSA) is 49.8 Å². The molecule has 0 saturated carbocycles. The molecule has 5 heteroatoms. The fourth-order valence-electron chi connectivity index (χ4n) is 2.62. The fourth-order valence-corrected chi connectivity index (χ4v) is 2.62. The number of benzene rings is 1. The molecule has 0 radical (unpaired) electrons. The van der Waals surface area contributed by atoms with E-state index in [0.717, 1.165) is 37.6 Å². The number of hydrogen-bond donors (Lipinski definition) is 1. The molecule has 0 spiro atoms. The van der Waals surface area contributed by atoms with Gasteiger partial charge in [-0.1, -0.05) is 6.07 Å². The Morgan fingerprint density at radius 1 is 1.57 bits per heavy atom. The molecule has 1 atom stereocenters. The van der Waals surface area contributed by atoms with Gasteiger partial charge in [0.15, 0.2) is 0 Å².